The molecule has 10 atom stereocenters. The number of phenols is 4. The molecule has 0 radical (unpaired) electrons. The maximum atomic E-state index is 12.3. The maximum absolute atomic E-state index is 12.3. The van der Waals surface area contributed by atoms with Crippen LogP contribution in [-0.4, -0.2) is 127 Å². The lowest BCUT2D eigenvalue weighted by Gasteiger charge is -2.45. The van der Waals surface area contributed by atoms with Crippen molar-refractivity contribution in [2.75, 3.05) is 13.2 Å². The molecule has 10 unspecified atom stereocenters. The maximum Gasteiger partial charge on any atom is 0.330 e. The van der Waals surface area contributed by atoms with Crippen molar-refractivity contribution in [1.82, 2.24) is 0 Å². The van der Waals surface area contributed by atoms with Crippen LogP contribution < -0.4 is 0 Å². The van der Waals surface area contributed by atoms with Crippen LogP contribution in [0.4, 0.5) is 0 Å². The van der Waals surface area contributed by atoms with E-state index in [0.717, 1.165) is 6.08 Å². The number of phenolic OH excluding ortho intramolecular Hbond substituents is 4. The van der Waals surface area contributed by atoms with Gasteiger partial charge < -0.3 is 69.6 Å². The molecule has 0 aliphatic carbocycles. The number of rotatable bonds is 10. The van der Waals surface area contributed by atoms with Crippen molar-refractivity contribution in [3.8, 4) is 23.0 Å². The minimum absolute atomic E-state index is 0.0852. The third kappa shape index (κ3) is 7.95. The van der Waals surface area contributed by atoms with Crippen molar-refractivity contribution < 1.29 is 74.4 Å². The standard InChI is InChI=1S/C29H36O15/c1-13-22(35)24(37)26(39)28(42-13)44-27-25(38)23(36)20(12-41-21(34)7-4-14-2-5-16(30)18(32)10-14)43-29(27)40-9-8-15-3-6-17(31)19(33)11-15/h2-7,10-11,13,20,22-33,35-39H,8-9,12H2,1H3. The normalized spacial score (nSPS) is 32.5. The van der Waals surface area contributed by atoms with Crippen molar-refractivity contribution in [2.24, 2.45) is 0 Å². The minimum atomic E-state index is -1.74. The van der Waals surface area contributed by atoms with Crippen molar-refractivity contribution in [1.29, 1.82) is 0 Å². The van der Waals surface area contributed by atoms with Gasteiger partial charge in [0.05, 0.1) is 12.7 Å². The summed E-state index contributed by atoms with van der Waals surface area (Å²) in [6.45, 7) is 0.812. The fraction of sp³-hybridized carbons (Fsp3) is 0.483. The number of aromatic hydroxyl groups is 4. The van der Waals surface area contributed by atoms with Gasteiger partial charge in [-0.25, -0.2) is 4.79 Å². The molecule has 9 N–H and O–H groups in total. The summed E-state index contributed by atoms with van der Waals surface area (Å²) in [6.07, 6.45) is -12.4. The Morgan fingerprint density at radius 1 is 0.795 bits per heavy atom. The van der Waals surface area contributed by atoms with Gasteiger partial charge in [-0.2, -0.15) is 0 Å². The summed E-state index contributed by atoms with van der Waals surface area (Å²) >= 11 is 0. The Morgan fingerprint density at radius 3 is 2.16 bits per heavy atom. The second-order valence-electron chi connectivity index (χ2n) is 10.5. The molecule has 44 heavy (non-hydrogen) atoms. The Labute approximate surface area is 251 Å². The summed E-state index contributed by atoms with van der Waals surface area (Å²) in [5, 5.41) is 90.6. The monoisotopic (exact) mass is 624 g/mol. The molecule has 15 nitrogen and oxygen atoms in total. The lowest BCUT2D eigenvalue weighted by atomic mass is 9.97. The number of aliphatic hydroxyl groups excluding tert-OH is 5. The van der Waals surface area contributed by atoms with Crippen molar-refractivity contribution >= 4 is 12.0 Å². The Morgan fingerprint density at radius 2 is 1.48 bits per heavy atom. The largest absolute Gasteiger partial charge is 0.504 e. The molecular formula is C29H36O15. The average Bonchev–Trinajstić information content (AvgIpc) is 2.99. The van der Waals surface area contributed by atoms with Crippen molar-refractivity contribution in [3.63, 3.8) is 0 Å². The topological polar surface area (TPSA) is 245 Å². The van der Waals surface area contributed by atoms with E-state index < -0.39 is 74.0 Å². The Bertz CT molecular complexity index is 1300. The van der Waals surface area contributed by atoms with E-state index in [0.29, 0.717) is 11.1 Å². The van der Waals surface area contributed by atoms with E-state index in [4.69, 9.17) is 23.7 Å². The van der Waals surface area contributed by atoms with Gasteiger partial charge in [0, 0.05) is 6.08 Å². The zero-order chi connectivity index (χ0) is 32.1. The van der Waals surface area contributed by atoms with E-state index in [1.54, 1.807) is 6.07 Å². The van der Waals surface area contributed by atoms with Gasteiger partial charge in [0.15, 0.2) is 35.6 Å². The van der Waals surface area contributed by atoms with Gasteiger partial charge in [0.2, 0.25) is 0 Å². The fourth-order valence-electron chi connectivity index (χ4n) is 4.64. The van der Waals surface area contributed by atoms with E-state index in [1.165, 1.54) is 43.3 Å². The summed E-state index contributed by atoms with van der Waals surface area (Å²) < 4.78 is 27.9. The molecule has 0 amide bonds. The predicted molar refractivity (Wildman–Crippen MR) is 147 cm³/mol. The number of benzene rings is 2. The Kier molecular flexibility index (Phi) is 11.0. The lowest BCUT2D eigenvalue weighted by Crippen LogP contribution is -2.64. The first-order chi connectivity index (χ1) is 20.8. The van der Waals surface area contributed by atoms with Crippen LogP contribution in [0.5, 0.6) is 23.0 Å². The number of ether oxygens (including phenoxy) is 5. The molecule has 2 heterocycles. The Hall–Kier alpha value is -3.51. The Balaban J connectivity index is 1.44. The zero-order valence-corrected chi connectivity index (χ0v) is 23.5. The molecule has 2 aliphatic heterocycles. The molecule has 2 fully saturated rings. The molecule has 0 aromatic heterocycles. The highest BCUT2D eigenvalue weighted by atomic mass is 16.8. The van der Waals surface area contributed by atoms with Gasteiger partial charge in [0.25, 0.3) is 0 Å². The van der Waals surface area contributed by atoms with Gasteiger partial charge >= 0.3 is 5.97 Å². The third-order valence-corrected chi connectivity index (χ3v) is 7.26. The van der Waals surface area contributed by atoms with Crippen molar-refractivity contribution in [2.45, 2.75) is 74.8 Å². The summed E-state index contributed by atoms with van der Waals surface area (Å²) in [7, 11) is 0. The van der Waals surface area contributed by atoms with E-state index in [9.17, 15) is 50.8 Å². The molecule has 2 aliphatic rings. The first-order valence-electron chi connectivity index (χ1n) is 13.7. The van der Waals surface area contributed by atoms with Crippen LogP contribution in [0.1, 0.15) is 18.1 Å². The first kappa shape index (κ1) is 33.4. The number of carbonyl (C=O) groups is 1. The molecule has 2 saturated heterocycles. The zero-order valence-electron chi connectivity index (χ0n) is 23.5. The molecule has 4 rings (SSSR count). The van der Waals surface area contributed by atoms with Crippen LogP contribution in [0, 0.1) is 0 Å². The van der Waals surface area contributed by atoms with Crippen LogP contribution in [0.2, 0.25) is 0 Å². The minimum Gasteiger partial charge on any atom is -0.504 e. The van der Waals surface area contributed by atoms with Crippen LogP contribution in [0.3, 0.4) is 0 Å². The molecule has 2 aromatic rings. The van der Waals surface area contributed by atoms with Crippen LogP contribution >= 0.6 is 0 Å². The van der Waals surface area contributed by atoms with Gasteiger partial charge in [0.1, 0.15) is 49.3 Å². The van der Waals surface area contributed by atoms with E-state index in [1.807, 2.05) is 0 Å². The van der Waals surface area contributed by atoms with Crippen LogP contribution in [0.25, 0.3) is 6.08 Å². The molecule has 0 spiro atoms. The predicted octanol–water partition coefficient (Wildman–Crippen LogP) is -1.02. The first-order valence-corrected chi connectivity index (χ1v) is 13.7. The van der Waals surface area contributed by atoms with Gasteiger partial charge in [-0.3, -0.25) is 0 Å². The highest BCUT2D eigenvalue weighted by Gasteiger charge is 2.50. The van der Waals surface area contributed by atoms with Gasteiger partial charge in [-0.05, 0) is 54.8 Å². The third-order valence-electron chi connectivity index (χ3n) is 7.26. The highest BCUT2D eigenvalue weighted by molar-refractivity contribution is 5.87. The van der Waals surface area contributed by atoms with Gasteiger partial charge in [-0.1, -0.05) is 12.1 Å². The number of esters is 1. The summed E-state index contributed by atoms with van der Waals surface area (Å²) in [5.41, 5.74) is 0.960. The number of carbonyl (C=O) groups excluding carboxylic acids is 1. The summed E-state index contributed by atoms with van der Waals surface area (Å²) in [5.74, 6) is -2.22. The quantitative estimate of drug-likeness (QED) is 0.0873. The smallest absolute Gasteiger partial charge is 0.330 e. The van der Waals surface area contributed by atoms with Gasteiger partial charge in [-0.15, -0.1) is 0 Å². The average molecular weight is 625 g/mol. The molecule has 0 bridgehead atoms. The number of hydrogen-bond donors (Lipinski definition) is 9. The summed E-state index contributed by atoms with van der Waals surface area (Å²) in [4.78, 5) is 12.3. The summed E-state index contributed by atoms with van der Waals surface area (Å²) in [6, 6.07) is 8.05. The highest BCUT2D eigenvalue weighted by Crippen LogP contribution is 2.31. The van der Waals surface area contributed by atoms with E-state index >= 15 is 0 Å². The second-order valence-corrected chi connectivity index (χ2v) is 10.5. The second kappa shape index (κ2) is 14.5. The van der Waals surface area contributed by atoms with Crippen LogP contribution in [-0.2, 0) is 34.9 Å². The lowest BCUT2D eigenvalue weighted by molar-refractivity contribution is -0.364. The van der Waals surface area contributed by atoms with Crippen LogP contribution in [0.15, 0.2) is 42.5 Å². The van der Waals surface area contributed by atoms with E-state index in [2.05, 4.69) is 0 Å². The molecule has 2 aromatic carbocycles. The molecule has 242 valence electrons. The molecular weight excluding hydrogens is 588 g/mol. The SMILES string of the molecule is CC1OC(OC2C(OCCc3ccc(O)c(O)c3)OC(COC(=O)C=Cc3ccc(O)c(O)c3)C(O)C2O)C(O)C(O)C1O. The number of hydrogen-bond acceptors (Lipinski definition) is 15. The molecule has 15 heteroatoms. The number of aliphatic hydroxyl groups is 5. The van der Waals surface area contributed by atoms with E-state index in [-0.39, 0.29) is 36.0 Å². The fourth-order valence-corrected chi connectivity index (χ4v) is 4.64. The van der Waals surface area contributed by atoms with Crippen molar-refractivity contribution in [3.05, 3.63) is 53.6 Å². The molecule has 0 saturated carbocycles.